The first-order valence-electron chi connectivity index (χ1n) is 7.05. The zero-order valence-electron chi connectivity index (χ0n) is 11.9. The molecule has 0 saturated heterocycles. The van der Waals surface area contributed by atoms with Crippen LogP contribution in [0.4, 0.5) is 4.39 Å². The quantitative estimate of drug-likeness (QED) is 0.509. The highest BCUT2D eigenvalue weighted by molar-refractivity contribution is 6.10. The third kappa shape index (κ3) is 1.72. The zero-order valence-corrected chi connectivity index (χ0v) is 11.9. The van der Waals surface area contributed by atoms with Crippen LogP contribution in [-0.4, -0.2) is 5.11 Å². The van der Waals surface area contributed by atoms with Gasteiger partial charge in [-0.1, -0.05) is 30.3 Å². The van der Waals surface area contributed by atoms with Crippen molar-refractivity contribution in [2.45, 2.75) is 6.92 Å². The predicted octanol–water partition coefficient (Wildman–Crippen LogP) is 5.41. The largest absolute Gasteiger partial charge is 0.507 e. The molecule has 22 heavy (non-hydrogen) atoms. The van der Waals surface area contributed by atoms with Crippen molar-refractivity contribution in [3.63, 3.8) is 0 Å². The Morgan fingerprint density at radius 1 is 0.909 bits per heavy atom. The van der Waals surface area contributed by atoms with Gasteiger partial charge in [0.05, 0.1) is 5.39 Å². The Morgan fingerprint density at radius 2 is 1.73 bits per heavy atom. The van der Waals surface area contributed by atoms with Gasteiger partial charge in [0, 0.05) is 16.5 Å². The summed E-state index contributed by atoms with van der Waals surface area (Å²) in [5.41, 5.74) is 2.98. The Hall–Kier alpha value is -2.81. The van der Waals surface area contributed by atoms with Gasteiger partial charge in [0.1, 0.15) is 22.7 Å². The Morgan fingerprint density at radius 3 is 2.55 bits per heavy atom. The molecule has 0 aliphatic heterocycles. The molecule has 0 aliphatic carbocycles. The van der Waals surface area contributed by atoms with Gasteiger partial charge in [-0.3, -0.25) is 0 Å². The van der Waals surface area contributed by atoms with Crippen LogP contribution in [0.3, 0.4) is 0 Å². The van der Waals surface area contributed by atoms with Crippen molar-refractivity contribution >= 4 is 21.9 Å². The number of furan rings is 1. The fourth-order valence-corrected chi connectivity index (χ4v) is 2.97. The Kier molecular flexibility index (Phi) is 2.70. The number of phenolic OH excluding ortho intramolecular Hbond substituents is 1. The molecule has 0 radical (unpaired) electrons. The van der Waals surface area contributed by atoms with Crippen molar-refractivity contribution in [3.8, 4) is 16.9 Å². The third-order valence-corrected chi connectivity index (χ3v) is 4.01. The summed E-state index contributed by atoms with van der Waals surface area (Å²) in [6, 6.07) is 15.9. The van der Waals surface area contributed by atoms with Crippen molar-refractivity contribution in [3.05, 3.63) is 66.0 Å². The number of hydrogen-bond acceptors (Lipinski definition) is 2. The van der Waals surface area contributed by atoms with Gasteiger partial charge in [-0.25, -0.2) is 4.39 Å². The number of phenols is 1. The van der Waals surface area contributed by atoms with E-state index in [9.17, 15) is 9.50 Å². The van der Waals surface area contributed by atoms with Crippen LogP contribution in [-0.2, 0) is 0 Å². The number of para-hydroxylation sites is 1. The number of hydrogen-bond donors (Lipinski definition) is 1. The van der Waals surface area contributed by atoms with Gasteiger partial charge in [0.2, 0.25) is 0 Å². The minimum atomic E-state index is -0.345. The second-order valence-electron chi connectivity index (χ2n) is 5.36. The molecule has 1 heterocycles. The summed E-state index contributed by atoms with van der Waals surface area (Å²) in [5.74, 6) is -0.293. The fourth-order valence-electron chi connectivity index (χ4n) is 2.97. The van der Waals surface area contributed by atoms with E-state index in [0.29, 0.717) is 27.7 Å². The van der Waals surface area contributed by atoms with Crippen LogP contribution in [0.1, 0.15) is 5.56 Å². The van der Waals surface area contributed by atoms with E-state index < -0.39 is 0 Å². The molecule has 0 atom stereocenters. The van der Waals surface area contributed by atoms with Crippen LogP contribution in [0, 0.1) is 12.7 Å². The van der Waals surface area contributed by atoms with E-state index in [4.69, 9.17) is 4.42 Å². The van der Waals surface area contributed by atoms with Crippen LogP contribution in [0.2, 0.25) is 0 Å². The summed E-state index contributed by atoms with van der Waals surface area (Å²) in [6.07, 6.45) is 0. The summed E-state index contributed by atoms with van der Waals surface area (Å²) in [5, 5.41) is 12.2. The first-order chi connectivity index (χ1) is 10.7. The van der Waals surface area contributed by atoms with Crippen LogP contribution in [0.15, 0.2) is 59.0 Å². The fraction of sp³-hybridized carbons (Fsp3) is 0.0526. The van der Waals surface area contributed by atoms with Crippen molar-refractivity contribution in [1.82, 2.24) is 0 Å². The summed E-state index contributed by atoms with van der Waals surface area (Å²) >= 11 is 0. The highest BCUT2D eigenvalue weighted by Crippen LogP contribution is 2.42. The lowest BCUT2D eigenvalue weighted by atomic mass is 9.97. The highest BCUT2D eigenvalue weighted by atomic mass is 19.1. The zero-order chi connectivity index (χ0) is 15.3. The molecule has 0 saturated carbocycles. The van der Waals surface area contributed by atoms with Crippen LogP contribution < -0.4 is 0 Å². The van der Waals surface area contributed by atoms with E-state index in [0.717, 1.165) is 10.9 Å². The molecule has 4 rings (SSSR count). The molecular formula is C19H13FO2. The molecule has 2 nitrogen and oxygen atoms in total. The molecule has 0 spiro atoms. The van der Waals surface area contributed by atoms with E-state index in [2.05, 4.69) is 0 Å². The summed E-state index contributed by atoms with van der Waals surface area (Å²) in [6.45, 7) is 1.83. The lowest BCUT2D eigenvalue weighted by molar-refractivity contribution is 0.482. The van der Waals surface area contributed by atoms with Gasteiger partial charge in [-0.05, 0) is 36.8 Å². The number of halogens is 1. The second-order valence-corrected chi connectivity index (χ2v) is 5.36. The van der Waals surface area contributed by atoms with E-state index in [1.807, 2.05) is 37.3 Å². The van der Waals surface area contributed by atoms with E-state index >= 15 is 0 Å². The number of aryl methyl sites for hydroxylation is 1. The molecule has 0 unspecified atom stereocenters. The van der Waals surface area contributed by atoms with Crippen molar-refractivity contribution < 1.29 is 13.9 Å². The van der Waals surface area contributed by atoms with Gasteiger partial charge in [0.25, 0.3) is 0 Å². The maximum absolute atomic E-state index is 14.2. The summed E-state index contributed by atoms with van der Waals surface area (Å²) in [4.78, 5) is 0. The molecule has 0 fully saturated rings. The SMILES string of the molecule is Cc1cccc(F)c1-c1ccc2oc3ccccc3c2c1O. The summed E-state index contributed by atoms with van der Waals surface area (Å²) in [7, 11) is 0. The van der Waals surface area contributed by atoms with Crippen LogP contribution >= 0.6 is 0 Å². The van der Waals surface area contributed by atoms with Gasteiger partial charge >= 0.3 is 0 Å². The van der Waals surface area contributed by atoms with E-state index in [1.165, 1.54) is 6.07 Å². The summed E-state index contributed by atoms with van der Waals surface area (Å²) < 4.78 is 20.0. The molecule has 3 aromatic carbocycles. The molecule has 0 amide bonds. The van der Waals surface area contributed by atoms with E-state index in [1.54, 1.807) is 18.2 Å². The van der Waals surface area contributed by atoms with Crippen LogP contribution in [0.5, 0.6) is 5.75 Å². The molecule has 0 aliphatic rings. The Labute approximate surface area is 126 Å². The first kappa shape index (κ1) is 12.9. The van der Waals surface area contributed by atoms with Crippen molar-refractivity contribution in [2.75, 3.05) is 0 Å². The third-order valence-electron chi connectivity index (χ3n) is 4.01. The maximum atomic E-state index is 14.2. The number of benzene rings is 3. The molecule has 108 valence electrons. The minimum Gasteiger partial charge on any atom is -0.507 e. The number of aromatic hydroxyl groups is 1. The molecule has 1 N–H and O–H groups in total. The normalized spacial score (nSPS) is 11.4. The van der Waals surface area contributed by atoms with E-state index in [-0.39, 0.29) is 11.6 Å². The number of fused-ring (bicyclic) bond motifs is 3. The van der Waals surface area contributed by atoms with Gasteiger partial charge in [0.15, 0.2) is 0 Å². The predicted molar refractivity (Wildman–Crippen MR) is 85.5 cm³/mol. The standard InChI is InChI=1S/C19H13FO2/c1-11-5-4-7-14(20)17(11)13-9-10-16-18(19(13)21)12-6-2-3-8-15(12)22-16/h2-10,21H,1H3. The molecule has 3 heteroatoms. The smallest absolute Gasteiger partial charge is 0.139 e. The molecule has 1 aromatic heterocycles. The van der Waals surface area contributed by atoms with Gasteiger partial charge in [-0.2, -0.15) is 0 Å². The first-order valence-corrected chi connectivity index (χ1v) is 7.05. The van der Waals surface area contributed by atoms with Gasteiger partial charge < -0.3 is 9.52 Å². The maximum Gasteiger partial charge on any atom is 0.139 e. The average molecular weight is 292 g/mol. The van der Waals surface area contributed by atoms with Crippen molar-refractivity contribution in [2.24, 2.45) is 0 Å². The Bertz CT molecular complexity index is 994. The average Bonchev–Trinajstić information content (AvgIpc) is 2.88. The van der Waals surface area contributed by atoms with Crippen molar-refractivity contribution in [1.29, 1.82) is 0 Å². The molecule has 4 aromatic rings. The molecular weight excluding hydrogens is 279 g/mol. The topological polar surface area (TPSA) is 33.4 Å². The lowest BCUT2D eigenvalue weighted by Crippen LogP contribution is -1.89. The monoisotopic (exact) mass is 292 g/mol. The second kappa shape index (κ2) is 4.60. The highest BCUT2D eigenvalue weighted by Gasteiger charge is 2.18. The lowest BCUT2D eigenvalue weighted by Gasteiger charge is -2.10. The minimum absolute atomic E-state index is 0.0515. The molecule has 0 bridgehead atoms. The van der Waals surface area contributed by atoms with Gasteiger partial charge in [-0.15, -0.1) is 0 Å². The van der Waals surface area contributed by atoms with Crippen LogP contribution in [0.25, 0.3) is 33.1 Å². The number of rotatable bonds is 1. The Balaban J connectivity index is 2.12.